The van der Waals surface area contributed by atoms with E-state index in [1.165, 1.54) is 0 Å². The van der Waals surface area contributed by atoms with Gasteiger partial charge in [-0.3, -0.25) is 9.78 Å². The highest BCUT2D eigenvalue weighted by molar-refractivity contribution is 6.01. The van der Waals surface area contributed by atoms with Gasteiger partial charge in [0, 0.05) is 18.5 Å². The highest BCUT2D eigenvalue weighted by Gasteiger charge is 2.07. The number of hydrogen-bond acceptors (Lipinski definition) is 3. The van der Waals surface area contributed by atoms with E-state index in [0.717, 1.165) is 54.3 Å². The lowest BCUT2D eigenvalue weighted by Gasteiger charge is -2.06. The molecule has 5 heteroatoms. The van der Waals surface area contributed by atoms with Gasteiger partial charge in [-0.1, -0.05) is 18.2 Å². The second kappa shape index (κ2) is 5.69. The minimum atomic E-state index is 0.721. The Kier molecular flexibility index (Phi) is 3.58. The molecule has 2 aromatic heterocycles. The lowest BCUT2D eigenvalue weighted by atomic mass is 10.2. The number of benzene rings is 1. The van der Waals surface area contributed by atoms with Gasteiger partial charge in [0.1, 0.15) is 5.52 Å². The zero-order valence-corrected chi connectivity index (χ0v) is 11.1. The van der Waals surface area contributed by atoms with Crippen LogP contribution < -0.4 is 5.32 Å². The van der Waals surface area contributed by atoms with Gasteiger partial charge in [0.25, 0.3) is 0 Å². The number of rotatable bonds is 6. The molecular weight excluding hydrogens is 252 g/mol. The van der Waals surface area contributed by atoms with Crippen LogP contribution in [-0.4, -0.2) is 27.5 Å². The van der Waals surface area contributed by atoms with Crippen molar-refractivity contribution in [2.24, 2.45) is 0 Å². The number of pyridine rings is 1. The minimum absolute atomic E-state index is 0.721. The molecule has 0 saturated heterocycles. The Morgan fingerprint density at radius 3 is 2.95 bits per heavy atom. The van der Waals surface area contributed by atoms with Crippen LogP contribution in [-0.2, 0) is 11.3 Å². The van der Waals surface area contributed by atoms with Gasteiger partial charge in [-0.25, -0.2) is 4.98 Å². The molecule has 0 aliphatic rings. The third-order valence-electron chi connectivity index (χ3n) is 3.40. The maximum Gasteiger partial charge on any atom is 0.207 e. The number of aromatic nitrogens is 3. The summed E-state index contributed by atoms with van der Waals surface area (Å²) in [5.41, 5.74) is 3.05. The highest BCUT2D eigenvalue weighted by Crippen LogP contribution is 2.22. The second-order valence-corrected chi connectivity index (χ2v) is 4.73. The van der Waals surface area contributed by atoms with Crippen molar-refractivity contribution in [3.63, 3.8) is 0 Å². The summed E-state index contributed by atoms with van der Waals surface area (Å²) in [6.07, 6.45) is 6.39. The van der Waals surface area contributed by atoms with Crippen LogP contribution >= 0.6 is 0 Å². The first-order valence-corrected chi connectivity index (χ1v) is 6.76. The van der Waals surface area contributed by atoms with Gasteiger partial charge in [0.2, 0.25) is 6.41 Å². The number of unbranched alkanes of at least 4 members (excludes halogenated alkanes) is 1. The van der Waals surface area contributed by atoms with Crippen molar-refractivity contribution in [3.05, 3.63) is 36.8 Å². The van der Waals surface area contributed by atoms with Crippen LogP contribution in [0.3, 0.4) is 0 Å². The van der Waals surface area contributed by atoms with Crippen molar-refractivity contribution in [1.82, 2.24) is 19.9 Å². The minimum Gasteiger partial charge on any atom is -0.359 e. The number of nitrogens with one attached hydrogen (secondary N) is 1. The summed E-state index contributed by atoms with van der Waals surface area (Å²) in [5, 5.41) is 3.81. The zero-order chi connectivity index (χ0) is 13.8. The molecule has 1 aromatic carbocycles. The number of aryl methyl sites for hydroxylation is 1. The van der Waals surface area contributed by atoms with Crippen molar-refractivity contribution in [2.75, 3.05) is 6.54 Å². The van der Waals surface area contributed by atoms with Gasteiger partial charge in [-0.05, 0) is 18.9 Å². The average molecular weight is 268 g/mol. The summed E-state index contributed by atoms with van der Waals surface area (Å²) < 4.78 is 2.17. The van der Waals surface area contributed by atoms with Crippen molar-refractivity contribution in [1.29, 1.82) is 0 Å². The van der Waals surface area contributed by atoms with E-state index in [0.29, 0.717) is 0 Å². The molecule has 0 bridgehead atoms. The van der Waals surface area contributed by atoms with Crippen LogP contribution in [0, 0.1) is 0 Å². The molecule has 0 unspecified atom stereocenters. The molecular formula is C15H16N4O. The summed E-state index contributed by atoms with van der Waals surface area (Å²) in [6.45, 7) is 1.61. The quantitative estimate of drug-likeness (QED) is 0.550. The Morgan fingerprint density at radius 1 is 1.15 bits per heavy atom. The first-order valence-electron chi connectivity index (χ1n) is 6.76. The molecule has 0 aliphatic carbocycles. The maximum absolute atomic E-state index is 10.2. The Bertz CT molecular complexity index is 735. The molecule has 1 amide bonds. The van der Waals surface area contributed by atoms with Crippen LogP contribution in [0.2, 0.25) is 0 Å². The van der Waals surface area contributed by atoms with Crippen LogP contribution in [0.25, 0.3) is 21.9 Å². The molecule has 0 atom stereocenters. The third kappa shape index (κ3) is 2.34. The Hall–Kier alpha value is -2.43. The van der Waals surface area contributed by atoms with E-state index in [-0.39, 0.29) is 0 Å². The SMILES string of the molecule is O=CNCCCCn1cnc2cnc3ccccc3c21. The van der Waals surface area contributed by atoms with Gasteiger partial charge in [0.05, 0.1) is 23.6 Å². The van der Waals surface area contributed by atoms with E-state index < -0.39 is 0 Å². The van der Waals surface area contributed by atoms with Crippen molar-refractivity contribution in [2.45, 2.75) is 19.4 Å². The van der Waals surface area contributed by atoms with Crippen LogP contribution in [0.4, 0.5) is 0 Å². The number of nitrogens with zero attached hydrogens (tertiary/aromatic N) is 3. The monoisotopic (exact) mass is 268 g/mol. The van der Waals surface area contributed by atoms with Gasteiger partial charge < -0.3 is 9.88 Å². The molecule has 0 saturated carbocycles. The molecule has 3 rings (SSSR count). The fraction of sp³-hybridized carbons (Fsp3) is 0.267. The Morgan fingerprint density at radius 2 is 2.05 bits per heavy atom. The highest BCUT2D eigenvalue weighted by atomic mass is 16.1. The number of hydrogen-bond donors (Lipinski definition) is 1. The average Bonchev–Trinajstić information content (AvgIpc) is 2.91. The van der Waals surface area contributed by atoms with E-state index in [4.69, 9.17) is 0 Å². The summed E-state index contributed by atoms with van der Waals surface area (Å²) in [7, 11) is 0. The smallest absolute Gasteiger partial charge is 0.207 e. The van der Waals surface area contributed by atoms with Crippen LogP contribution in [0.5, 0.6) is 0 Å². The first kappa shape index (κ1) is 12.6. The van der Waals surface area contributed by atoms with Crippen molar-refractivity contribution in [3.8, 4) is 0 Å². The molecule has 1 N–H and O–H groups in total. The number of fused-ring (bicyclic) bond motifs is 3. The van der Waals surface area contributed by atoms with Crippen molar-refractivity contribution >= 4 is 28.3 Å². The fourth-order valence-corrected chi connectivity index (χ4v) is 2.44. The molecule has 20 heavy (non-hydrogen) atoms. The number of imidazole rings is 1. The van der Waals surface area contributed by atoms with E-state index in [1.54, 1.807) is 0 Å². The molecule has 0 fully saturated rings. The van der Waals surface area contributed by atoms with Gasteiger partial charge >= 0.3 is 0 Å². The molecule has 2 heterocycles. The molecule has 3 aromatic rings. The van der Waals surface area contributed by atoms with Gasteiger partial charge in [0.15, 0.2) is 0 Å². The van der Waals surface area contributed by atoms with E-state index in [2.05, 4.69) is 25.9 Å². The van der Waals surface area contributed by atoms with Crippen LogP contribution in [0.15, 0.2) is 36.8 Å². The van der Waals surface area contributed by atoms with Gasteiger partial charge in [-0.2, -0.15) is 0 Å². The Balaban J connectivity index is 1.87. The lowest BCUT2D eigenvalue weighted by Crippen LogP contribution is -2.12. The lowest BCUT2D eigenvalue weighted by molar-refractivity contribution is -0.109. The number of amides is 1. The van der Waals surface area contributed by atoms with E-state index >= 15 is 0 Å². The first-order chi connectivity index (χ1) is 9.90. The standard InChI is InChI=1S/C15H16N4O/c20-11-16-7-3-4-8-19-10-18-14-9-17-13-6-2-1-5-12(13)15(14)19/h1-2,5-6,9-11H,3-4,7-8H2,(H,16,20). The largest absolute Gasteiger partial charge is 0.359 e. The zero-order valence-electron chi connectivity index (χ0n) is 11.1. The second-order valence-electron chi connectivity index (χ2n) is 4.73. The van der Waals surface area contributed by atoms with Gasteiger partial charge in [-0.15, -0.1) is 0 Å². The van der Waals surface area contributed by atoms with Crippen LogP contribution in [0.1, 0.15) is 12.8 Å². The summed E-state index contributed by atoms with van der Waals surface area (Å²) in [6, 6.07) is 8.11. The predicted molar refractivity (Wildman–Crippen MR) is 78.3 cm³/mol. The Labute approximate surface area is 116 Å². The molecule has 5 nitrogen and oxygen atoms in total. The molecule has 0 radical (unpaired) electrons. The van der Waals surface area contributed by atoms with Crippen molar-refractivity contribution < 1.29 is 4.79 Å². The summed E-state index contributed by atoms with van der Waals surface area (Å²) >= 11 is 0. The number of carbonyl (C=O) groups is 1. The molecule has 102 valence electrons. The normalized spacial score (nSPS) is 11.0. The molecule has 0 aliphatic heterocycles. The number of carbonyl (C=O) groups excluding carboxylic acids is 1. The predicted octanol–water partition coefficient (Wildman–Crippen LogP) is 2.11. The summed E-state index contributed by atoms with van der Waals surface area (Å²) in [5.74, 6) is 0. The van der Waals surface area contributed by atoms with E-state index in [9.17, 15) is 4.79 Å². The third-order valence-corrected chi connectivity index (χ3v) is 3.40. The van der Waals surface area contributed by atoms with E-state index in [1.807, 2.05) is 30.7 Å². The maximum atomic E-state index is 10.2. The fourth-order valence-electron chi connectivity index (χ4n) is 2.44. The topological polar surface area (TPSA) is 59.8 Å². The number of para-hydroxylation sites is 1. The molecule has 0 spiro atoms. The summed E-state index contributed by atoms with van der Waals surface area (Å²) in [4.78, 5) is 19.0.